The maximum Gasteiger partial charge on any atom is 0.434 e. The van der Waals surface area contributed by atoms with Gasteiger partial charge in [0.2, 0.25) is 0 Å². The molecule has 48 heavy (non-hydrogen) atoms. The van der Waals surface area contributed by atoms with Crippen molar-refractivity contribution in [3.05, 3.63) is 39.3 Å². The number of aromatic nitrogens is 1. The first kappa shape index (κ1) is 41.9. The molecule has 1 aromatic rings. The summed E-state index contributed by atoms with van der Waals surface area (Å²) in [6.07, 6.45) is 0.300. The Labute approximate surface area is 294 Å². The van der Waals surface area contributed by atoms with Crippen molar-refractivity contribution < 1.29 is 31.9 Å². The van der Waals surface area contributed by atoms with Crippen molar-refractivity contribution in [2.75, 3.05) is 19.7 Å². The third kappa shape index (κ3) is 11.1. The second kappa shape index (κ2) is 17.6. The molecule has 0 aliphatic heterocycles. The van der Waals surface area contributed by atoms with Crippen LogP contribution < -0.4 is 0 Å². The van der Waals surface area contributed by atoms with Gasteiger partial charge in [0.1, 0.15) is 0 Å². The van der Waals surface area contributed by atoms with Gasteiger partial charge in [0.05, 0.1) is 40.3 Å². The molecule has 2 rings (SSSR count). The van der Waals surface area contributed by atoms with Crippen LogP contribution in [0.2, 0.25) is 28.2 Å². The molecule has 1 atom stereocenters. The van der Waals surface area contributed by atoms with E-state index in [1.165, 1.54) is 23.5 Å². The van der Waals surface area contributed by atoms with Crippen LogP contribution in [-0.4, -0.2) is 68.4 Å². The Balaban J connectivity index is 2.60. The lowest BCUT2D eigenvalue weighted by molar-refractivity contribution is -0.156. The number of esters is 1. The molecule has 0 spiro atoms. The van der Waals surface area contributed by atoms with E-state index in [1.54, 1.807) is 13.8 Å². The number of rotatable bonds is 15. The van der Waals surface area contributed by atoms with Gasteiger partial charge >= 0.3 is 12.1 Å². The topological polar surface area (TPSA) is 105 Å². The zero-order valence-corrected chi connectivity index (χ0v) is 31.9. The number of nitrogens with zero attached hydrogens (tertiary/aromatic N) is 3. The number of nitrogens with one attached hydrogen (secondary N) is 1. The van der Waals surface area contributed by atoms with Gasteiger partial charge in [-0.2, -0.15) is 13.2 Å². The highest BCUT2D eigenvalue weighted by Gasteiger charge is 2.42. The Hall–Kier alpha value is -2.28. The molecule has 8 nitrogen and oxygen atoms in total. The number of carbonyl (C=O) groups is 2. The van der Waals surface area contributed by atoms with E-state index >= 15 is 0 Å². The van der Waals surface area contributed by atoms with Crippen molar-refractivity contribution in [3.63, 3.8) is 0 Å². The summed E-state index contributed by atoms with van der Waals surface area (Å²) >= 11 is 13.2. The number of halogens is 5. The predicted octanol–water partition coefficient (Wildman–Crippen LogP) is 9.62. The lowest BCUT2D eigenvalue weighted by Gasteiger charge is -2.38. The molecule has 270 valence electrons. The maximum absolute atomic E-state index is 14.6. The van der Waals surface area contributed by atoms with E-state index in [4.69, 9.17) is 37.8 Å². The molecule has 1 aliphatic rings. The summed E-state index contributed by atoms with van der Waals surface area (Å²) in [4.78, 5) is 35.8. The number of amides is 1. The van der Waals surface area contributed by atoms with E-state index in [1.807, 2.05) is 41.5 Å². The van der Waals surface area contributed by atoms with Crippen LogP contribution in [0.4, 0.5) is 13.2 Å². The smallest absolute Gasteiger partial charge is 0.434 e. The number of allylic oxidation sites excluding steroid dienone is 1. The Kier molecular flexibility index (Phi) is 15.3. The lowest BCUT2D eigenvalue weighted by atomic mass is 9.72. The van der Waals surface area contributed by atoms with Crippen molar-refractivity contribution in [1.29, 1.82) is 5.41 Å². The first-order valence-corrected chi connectivity index (χ1v) is 19.9. The molecule has 0 bridgehead atoms. The fourth-order valence-electron chi connectivity index (χ4n) is 6.02. The Morgan fingerprint density at radius 2 is 1.65 bits per heavy atom. The number of hydrogen-bond acceptors (Lipinski definition) is 7. The number of alkyl halides is 3. The van der Waals surface area contributed by atoms with Crippen LogP contribution >= 0.6 is 23.2 Å². The standard InChI is InChI=1S/C34H51Cl2F3N4O4Si/c1-9-46-31(45)33(8)15-13-23(14-16-33)18-42-29(34(37,38)39)24(17-40)30(44)43(22-32(5,6)7)21-27(47-48(10-2,11-3)12-4)28-25(35)19-41-20-26(28)36/h17-20,23,27,40H,9-16,21-22H2,1-8H3/b29-24+,40-17?,42-18?. The molecular weight excluding hydrogens is 684 g/mol. The molecular formula is C34H51Cl2F3N4O4Si. The van der Waals surface area contributed by atoms with Gasteiger partial charge in [0, 0.05) is 36.9 Å². The molecule has 1 fully saturated rings. The highest BCUT2D eigenvalue weighted by molar-refractivity contribution is 6.73. The third-order valence-electron chi connectivity index (χ3n) is 9.09. The molecule has 1 aliphatic carbocycles. The Bertz CT molecular complexity index is 1310. The van der Waals surface area contributed by atoms with E-state index < -0.39 is 48.6 Å². The fourth-order valence-corrected chi connectivity index (χ4v) is 9.43. The second-order valence-corrected chi connectivity index (χ2v) is 19.5. The van der Waals surface area contributed by atoms with Crippen molar-refractivity contribution in [1.82, 2.24) is 9.88 Å². The van der Waals surface area contributed by atoms with Crippen molar-refractivity contribution in [2.24, 2.45) is 21.7 Å². The quantitative estimate of drug-likeness (QED) is 0.0836. The summed E-state index contributed by atoms with van der Waals surface area (Å²) in [6, 6.07) is 2.30. The van der Waals surface area contributed by atoms with Gasteiger partial charge in [0.25, 0.3) is 5.91 Å². The van der Waals surface area contributed by atoms with Gasteiger partial charge in [-0.1, -0.05) is 64.7 Å². The number of hydrogen-bond donors (Lipinski definition) is 1. The van der Waals surface area contributed by atoms with Gasteiger partial charge < -0.3 is 19.5 Å². The minimum atomic E-state index is -5.02. The van der Waals surface area contributed by atoms with E-state index in [-0.39, 0.29) is 41.6 Å². The van der Waals surface area contributed by atoms with Crippen molar-refractivity contribution in [3.8, 4) is 0 Å². The molecule has 14 heteroatoms. The summed E-state index contributed by atoms with van der Waals surface area (Å²) in [5.74, 6) is -1.67. The molecule has 1 N–H and O–H groups in total. The third-order valence-corrected chi connectivity index (χ3v) is 14.3. The zero-order valence-electron chi connectivity index (χ0n) is 29.4. The summed E-state index contributed by atoms with van der Waals surface area (Å²) in [5, 5.41) is 8.44. The predicted molar refractivity (Wildman–Crippen MR) is 188 cm³/mol. The average Bonchev–Trinajstić information content (AvgIpc) is 3.00. The van der Waals surface area contributed by atoms with Gasteiger partial charge in [-0.15, -0.1) is 0 Å². The summed E-state index contributed by atoms with van der Waals surface area (Å²) in [7, 11) is -2.38. The molecule has 0 radical (unpaired) electrons. The highest BCUT2D eigenvalue weighted by atomic mass is 35.5. The zero-order chi connectivity index (χ0) is 36.5. The van der Waals surface area contributed by atoms with E-state index in [2.05, 4.69) is 9.98 Å². The SMILES string of the molecule is CCOC(=O)C1(C)CCC(C=N/C(=C(\C=N)C(=O)N(CC(O[Si](CC)(CC)CC)c2c(Cl)cncc2Cl)CC(C)(C)C)C(F)(F)F)CC1. The molecule has 1 unspecified atom stereocenters. The molecule has 1 aromatic heterocycles. The number of carbonyl (C=O) groups excluding carboxylic acids is 2. The number of aliphatic imine (C=N–C) groups is 1. The molecule has 1 amide bonds. The molecule has 1 heterocycles. The van der Waals surface area contributed by atoms with Crippen molar-refractivity contribution in [2.45, 2.75) is 111 Å². The normalized spacial score (nSPS) is 20.3. The van der Waals surface area contributed by atoms with Gasteiger partial charge in [-0.05, 0) is 69.0 Å². The van der Waals surface area contributed by atoms with E-state index in [0.717, 1.165) is 18.1 Å². The van der Waals surface area contributed by atoms with Crippen LogP contribution in [0.1, 0.15) is 92.7 Å². The van der Waals surface area contributed by atoms with E-state index in [0.29, 0.717) is 37.5 Å². The van der Waals surface area contributed by atoms with Gasteiger partial charge in [0.15, 0.2) is 14.0 Å². The molecule has 1 saturated carbocycles. The van der Waals surface area contributed by atoms with Crippen LogP contribution in [0.25, 0.3) is 0 Å². The second-order valence-electron chi connectivity index (χ2n) is 13.9. The number of pyridine rings is 1. The minimum absolute atomic E-state index is 0.0478. The Morgan fingerprint density at radius 1 is 1.10 bits per heavy atom. The van der Waals surface area contributed by atoms with Crippen molar-refractivity contribution >= 4 is 55.8 Å². The van der Waals surface area contributed by atoms with Crippen LogP contribution in [0, 0.1) is 22.2 Å². The summed E-state index contributed by atoms with van der Waals surface area (Å²) < 4.78 is 55.9. The Morgan fingerprint density at radius 3 is 2.08 bits per heavy atom. The van der Waals surface area contributed by atoms with Crippen LogP contribution in [-0.2, 0) is 18.8 Å². The first-order valence-electron chi connectivity index (χ1n) is 16.6. The first-order chi connectivity index (χ1) is 22.3. The minimum Gasteiger partial charge on any atom is -0.466 e. The van der Waals surface area contributed by atoms with Crippen LogP contribution in [0.15, 0.2) is 28.7 Å². The largest absolute Gasteiger partial charge is 0.466 e. The monoisotopic (exact) mass is 734 g/mol. The average molecular weight is 736 g/mol. The van der Waals surface area contributed by atoms with Gasteiger partial charge in [-0.3, -0.25) is 19.6 Å². The molecule has 0 aromatic carbocycles. The maximum atomic E-state index is 14.6. The highest BCUT2D eigenvalue weighted by Crippen LogP contribution is 2.41. The summed E-state index contributed by atoms with van der Waals surface area (Å²) in [5.41, 5.74) is -3.17. The fraction of sp³-hybridized carbons (Fsp3) is 0.676. The number of ether oxygens (including phenoxy) is 1. The molecule has 0 saturated heterocycles. The van der Waals surface area contributed by atoms with Crippen LogP contribution in [0.5, 0.6) is 0 Å². The van der Waals surface area contributed by atoms with Gasteiger partial charge in [-0.25, -0.2) is 0 Å². The van der Waals surface area contributed by atoms with Crippen LogP contribution in [0.3, 0.4) is 0 Å². The lowest BCUT2D eigenvalue weighted by Crippen LogP contribution is -2.45. The van der Waals surface area contributed by atoms with E-state index in [9.17, 15) is 22.8 Å². The summed E-state index contributed by atoms with van der Waals surface area (Å²) in [6.45, 7) is 15.4.